The Balaban J connectivity index is 1.43. The first kappa shape index (κ1) is 18.8. The first-order valence-electron chi connectivity index (χ1n) is 8.23. The van der Waals surface area contributed by atoms with Crippen molar-refractivity contribution in [2.24, 2.45) is 0 Å². The van der Waals surface area contributed by atoms with E-state index in [2.05, 4.69) is 32.1 Å². The highest BCUT2D eigenvalue weighted by Crippen LogP contribution is 2.23. The van der Waals surface area contributed by atoms with Crippen LogP contribution in [-0.4, -0.2) is 18.5 Å². The number of ether oxygens (including phenoxy) is 1. The van der Waals surface area contributed by atoms with Gasteiger partial charge in [0.25, 0.3) is 5.91 Å². The van der Waals surface area contributed by atoms with Crippen molar-refractivity contribution in [2.45, 2.75) is 13.0 Å². The molecular weight excluding hydrogens is 414 g/mol. The predicted molar refractivity (Wildman–Crippen MR) is 104 cm³/mol. The minimum Gasteiger partial charge on any atom is -0.484 e. The molecule has 140 valence electrons. The second-order valence-corrected chi connectivity index (χ2v) is 6.71. The number of urea groups is 1. The number of hydrogen-bond acceptors (Lipinski definition) is 4. The molecule has 0 spiro atoms. The van der Waals surface area contributed by atoms with Gasteiger partial charge in [0.2, 0.25) is 0 Å². The fourth-order valence-electron chi connectivity index (χ4n) is 2.36. The summed E-state index contributed by atoms with van der Waals surface area (Å²) in [6.45, 7) is 1.57. The van der Waals surface area contributed by atoms with Crippen molar-refractivity contribution in [3.05, 3.63) is 64.8 Å². The van der Waals surface area contributed by atoms with E-state index in [0.29, 0.717) is 11.5 Å². The zero-order valence-electron chi connectivity index (χ0n) is 14.5. The highest BCUT2D eigenvalue weighted by molar-refractivity contribution is 9.10. The molecule has 3 N–H and O–H groups in total. The van der Waals surface area contributed by atoms with Crippen LogP contribution in [0.2, 0.25) is 0 Å². The zero-order chi connectivity index (χ0) is 19.2. The lowest BCUT2D eigenvalue weighted by atomic mass is 10.2. The van der Waals surface area contributed by atoms with Gasteiger partial charge in [-0.05, 0) is 43.3 Å². The second kappa shape index (κ2) is 8.59. The molecule has 3 aromatic rings. The van der Waals surface area contributed by atoms with Crippen molar-refractivity contribution in [3.63, 3.8) is 0 Å². The Bertz CT molecular complexity index is 907. The highest BCUT2D eigenvalue weighted by Gasteiger charge is 2.14. The third-order valence-corrected chi connectivity index (χ3v) is 4.25. The molecule has 7 nitrogen and oxygen atoms in total. The van der Waals surface area contributed by atoms with Gasteiger partial charge in [0.15, 0.2) is 6.61 Å². The van der Waals surface area contributed by atoms with Crippen molar-refractivity contribution in [1.29, 1.82) is 0 Å². The Morgan fingerprint density at radius 2 is 1.85 bits per heavy atom. The van der Waals surface area contributed by atoms with Crippen LogP contribution >= 0.6 is 15.9 Å². The Morgan fingerprint density at radius 1 is 1.11 bits per heavy atom. The predicted octanol–water partition coefficient (Wildman–Crippen LogP) is 3.67. The maximum atomic E-state index is 11.9. The van der Waals surface area contributed by atoms with Gasteiger partial charge in [-0.15, -0.1) is 0 Å². The van der Waals surface area contributed by atoms with E-state index in [9.17, 15) is 9.59 Å². The number of hydrogen-bond donors (Lipinski definition) is 3. The molecule has 0 saturated heterocycles. The third-order valence-electron chi connectivity index (χ3n) is 3.72. The molecule has 8 heteroatoms. The van der Waals surface area contributed by atoms with Gasteiger partial charge in [0.05, 0.1) is 6.04 Å². The second-order valence-electron chi connectivity index (χ2n) is 5.80. The van der Waals surface area contributed by atoms with Crippen LogP contribution in [0.25, 0.3) is 11.0 Å². The molecule has 0 saturated carbocycles. The molecule has 0 aliphatic heterocycles. The molecule has 1 aromatic heterocycles. The van der Waals surface area contributed by atoms with Gasteiger partial charge < -0.3 is 14.5 Å². The average Bonchev–Trinajstić information content (AvgIpc) is 3.10. The molecular formula is C19H18BrN3O4. The normalized spacial score (nSPS) is 11.6. The maximum Gasteiger partial charge on any atom is 0.334 e. The molecule has 1 atom stereocenters. The molecule has 27 heavy (non-hydrogen) atoms. The minimum absolute atomic E-state index is 0.221. The topological polar surface area (TPSA) is 92.6 Å². The number of para-hydroxylation sites is 1. The molecule has 0 radical (unpaired) electrons. The first-order valence-corrected chi connectivity index (χ1v) is 9.03. The Kier molecular flexibility index (Phi) is 5.97. The largest absolute Gasteiger partial charge is 0.484 e. The van der Waals surface area contributed by atoms with Crippen LogP contribution in [0.4, 0.5) is 4.79 Å². The van der Waals surface area contributed by atoms with E-state index in [0.717, 1.165) is 15.4 Å². The molecule has 3 rings (SSSR count). The van der Waals surface area contributed by atoms with E-state index in [4.69, 9.17) is 9.15 Å². The molecule has 1 unspecified atom stereocenters. The van der Waals surface area contributed by atoms with Crippen LogP contribution in [0.3, 0.4) is 0 Å². The number of nitrogens with one attached hydrogen (secondary N) is 3. The van der Waals surface area contributed by atoms with Gasteiger partial charge in [-0.25, -0.2) is 10.2 Å². The van der Waals surface area contributed by atoms with E-state index < -0.39 is 11.9 Å². The lowest BCUT2D eigenvalue weighted by Gasteiger charge is -2.13. The summed E-state index contributed by atoms with van der Waals surface area (Å²) in [7, 11) is 0. The van der Waals surface area contributed by atoms with E-state index in [-0.39, 0.29) is 12.6 Å². The van der Waals surface area contributed by atoms with Crippen LogP contribution < -0.4 is 20.9 Å². The number of benzene rings is 2. The lowest BCUT2D eigenvalue weighted by Crippen LogP contribution is -2.48. The van der Waals surface area contributed by atoms with Crippen molar-refractivity contribution >= 4 is 38.8 Å². The van der Waals surface area contributed by atoms with Gasteiger partial charge in [0.1, 0.15) is 17.1 Å². The fraction of sp³-hybridized carbons (Fsp3) is 0.158. The standard InChI is InChI=1S/C19H18BrN3O4/c1-12(17-10-13-4-2-3-5-16(13)27-17)21-19(25)23-22-18(24)11-26-15-8-6-14(20)7-9-15/h2-10,12H,11H2,1H3,(H,22,24)(H2,21,23,25). The number of halogens is 1. The molecule has 2 aromatic carbocycles. The summed E-state index contributed by atoms with van der Waals surface area (Å²) in [4.78, 5) is 23.7. The molecule has 0 aliphatic carbocycles. The van der Waals surface area contributed by atoms with Gasteiger partial charge in [0, 0.05) is 9.86 Å². The van der Waals surface area contributed by atoms with Gasteiger partial charge in [-0.1, -0.05) is 34.1 Å². The number of fused-ring (bicyclic) bond motifs is 1. The average molecular weight is 432 g/mol. The van der Waals surface area contributed by atoms with Crippen molar-refractivity contribution < 1.29 is 18.7 Å². The van der Waals surface area contributed by atoms with Crippen LogP contribution in [-0.2, 0) is 4.79 Å². The van der Waals surface area contributed by atoms with E-state index in [1.807, 2.05) is 30.3 Å². The third kappa shape index (κ3) is 5.24. The van der Waals surface area contributed by atoms with E-state index in [1.54, 1.807) is 31.2 Å². The molecule has 0 aliphatic rings. The van der Waals surface area contributed by atoms with E-state index in [1.165, 1.54) is 0 Å². The van der Waals surface area contributed by atoms with Gasteiger partial charge in [-0.3, -0.25) is 10.2 Å². The lowest BCUT2D eigenvalue weighted by molar-refractivity contribution is -0.123. The van der Waals surface area contributed by atoms with Crippen molar-refractivity contribution in [3.8, 4) is 5.75 Å². The summed E-state index contributed by atoms with van der Waals surface area (Å²) in [5.74, 6) is 0.692. The summed E-state index contributed by atoms with van der Waals surface area (Å²) in [6.07, 6.45) is 0. The summed E-state index contributed by atoms with van der Waals surface area (Å²) >= 11 is 3.32. The maximum absolute atomic E-state index is 11.9. The van der Waals surface area contributed by atoms with Gasteiger partial charge >= 0.3 is 6.03 Å². The van der Waals surface area contributed by atoms with Gasteiger partial charge in [-0.2, -0.15) is 0 Å². The number of rotatable bonds is 5. The van der Waals surface area contributed by atoms with E-state index >= 15 is 0 Å². The molecule has 3 amide bonds. The minimum atomic E-state index is -0.556. The Hall–Kier alpha value is -3.00. The first-order chi connectivity index (χ1) is 13.0. The summed E-state index contributed by atoms with van der Waals surface area (Å²) < 4.78 is 11.9. The van der Waals surface area contributed by atoms with Crippen LogP contribution in [0, 0.1) is 0 Å². The molecule has 1 heterocycles. The SMILES string of the molecule is CC(NC(=O)NNC(=O)COc1ccc(Br)cc1)c1cc2ccccc2o1. The zero-order valence-corrected chi connectivity index (χ0v) is 16.1. The number of hydrazine groups is 1. The summed E-state index contributed by atoms with van der Waals surface area (Å²) in [5, 5.41) is 3.65. The Morgan fingerprint density at radius 3 is 2.59 bits per heavy atom. The number of carbonyl (C=O) groups is 2. The summed E-state index contributed by atoms with van der Waals surface area (Å²) in [6, 6.07) is 15.6. The fourth-order valence-corrected chi connectivity index (χ4v) is 2.63. The monoisotopic (exact) mass is 431 g/mol. The highest BCUT2D eigenvalue weighted by atomic mass is 79.9. The number of carbonyl (C=O) groups excluding carboxylic acids is 2. The van der Waals surface area contributed by atoms with Crippen molar-refractivity contribution in [2.75, 3.05) is 6.61 Å². The number of amides is 3. The molecule has 0 bridgehead atoms. The van der Waals surface area contributed by atoms with Crippen LogP contribution in [0.5, 0.6) is 5.75 Å². The molecule has 0 fully saturated rings. The smallest absolute Gasteiger partial charge is 0.334 e. The van der Waals surface area contributed by atoms with Crippen LogP contribution in [0.15, 0.2) is 63.5 Å². The van der Waals surface area contributed by atoms with Crippen molar-refractivity contribution in [1.82, 2.24) is 16.2 Å². The van der Waals surface area contributed by atoms with Crippen LogP contribution in [0.1, 0.15) is 18.7 Å². The summed E-state index contributed by atoms with van der Waals surface area (Å²) in [5.41, 5.74) is 5.32. The number of furan rings is 1. The quantitative estimate of drug-likeness (QED) is 0.537. The Labute approximate surface area is 164 Å².